The van der Waals surface area contributed by atoms with Crippen molar-refractivity contribution >= 4 is 23.3 Å². The quantitative estimate of drug-likeness (QED) is 0.685. The molecule has 0 bridgehead atoms. The summed E-state index contributed by atoms with van der Waals surface area (Å²) in [7, 11) is 0. The maximum atomic E-state index is 11.0. The Kier molecular flexibility index (Phi) is 3.86. The van der Waals surface area contributed by atoms with Gasteiger partial charge in [0.15, 0.2) is 0 Å². The van der Waals surface area contributed by atoms with E-state index in [0.29, 0.717) is 10.8 Å². The highest BCUT2D eigenvalue weighted by Crippen LogP contribution is 2.31. The van der Waals surface area contributed by atoms with Crippen LogP contribution in [-0.4, -0.2) is 16.0 Å². The van der Waals surface area contributed by atoms with Gasteiger partial charge < -0.3 is 9.84 Å². The van der Waals surface area contributed by atoms with E-state index in [4.69, 9.17) is 21.4 Å². The van der Waals surface area contributed by atoms with Crippen molar-refractivity contribution in [2.75, 3.05) is 0 Å². The first kappa shape index (κ1) is 13.8. The van der Waals surface area contributed by atoms with Crippen LogP contribution in [0.5, 0.6) is 11.5 Å². The molecule has 7 heteroatoms. The summed E-state index contributed by atoms with van der Waals surface area (Å²) >= 11 is 5.91. The molecule has 0 aliphatic rings. The lowest BCUT2D eigenvalue weighted by Crippen LogP contribution is -2.02. The van der Waals surface area contributed by atoms with Gasteiger partial charge in [-0.05, 0) is 18.2 Å². The van der Waals surface area contributed by atoms with E-state index >= 15 is 0 Å². The minimum absolute atomic E-state index is 0.154. The number of halogens is 1. The number of hydrogen-bond acceptors (Lipinski definition) is 4. The average molecular weight is 294 g/mol. The van der Waals surface area contributed by atoms with Crippen LogP contribution in [0.15, 0.2) is 42.5 Å². The number of carbonyl (C=O) groups is 1. The molecular weight excluding hydrogens is 286 g/mol. The largest absolute Gasteiger partial charge is 0.477 e. The third-order valence-electron chi connectivity index (χ3n) is 2.46. The van der Waals surface area contributed by atoms with Crippen molar-refractivity contribution in [1.82, 2.24) is 0 Å². The Balaban J connectivity index is 2.40. The fourth-order valence-electron chi connectivity index (χ4n) is 1.56. The van der Waals surface area contributed by atoms with Gasteiger partial charge in [0, 0.05) is 12.1 Å². The lowest BCUT2D eigenvalue weighted by atomic mass is 10.1. The van der Waals surface area contributed by atoms with Crippen molar-refractivity contribution in [3.8, 4) is 11.5 Å². The zero-order valence-corrected chi connectivity index (χ0v) is 10.7. The van der Waals surface area contributed by atoms with Gasteiger partial charge in [-0.15, -0.1) is 0 Å². The number of ether oxygens (including phenoxy) is 1. The fourth-order valence-corrected chi connectivity index (χ4v) is 1.74. The molecule has 6 nitrogen and oxygen atoms in total. The van der Waals surface area contributed by atoms with Crippen LogP contribution in [0.3, 0.4) is 0 Å². The number of aromatic carboxylic acids is 1. The summed E-state index contributed by atoms with van der Waals surface area (Å²) in [4.78, 5) is 21.0. The summed E-state index contributed by atoms with van der Waals surface area (Å²) in [6.07, 6.45) is 0. The van der Waals surface area contributed by atoms with E-state index in [1.54, 1.807) is 24.3 Å². The summed E-state index contributed by atoms with van der Waals surface area (Å²) in [6, 6.07) is 10.1. The number of hydrogen-bond donors (Lipinski definition) is 1. The van der Waals surface area contributed by atoms with Crippen molar-refractivity contribution < 1.29 is 19.6 Å². The van der Waals surface area contributed by atoms with Crippen molar-refractivity contribution in [1.29, 1.82) is 0 Å². The second-order valence-electron chi connectivity index (χ2n) is 3.77. The third-order valence-corrected chi connectivity index (χ3v) is 2.77. The van der Waals surface area contributed by atoms with Crippen LogP contribution in [0.1, 0.15) is 10.4 Å². The summed E-state index contributed by atoms with van der Waals surface area (Å²) in [6.45, 7) is 0. The zero-order chi connectivity index (χ0) is 14.7. The van der Waals surface area contributed by atoms with Crippen LogP contribution in [0, 0.1) is 10.1 Å². The minimum atomic E-state index is -1.40. The van der Waals surface area contributed by atoms with E-state index in [1.165, 1.54) is 6.07 Å². The first-order valence-corrected chi connectivity index (χ1v) is 5.81. The smallest absolute Gasteiger partial charge is 0.342 e. The normalized spacial score (nSPS) is 10.1. The standard InChI is InChI=1S/C13H8ClNO5/c14-10-3-1-2-4-12(10)20-8-5-6-11(15(18)19)9(7-8)13(16)17/h1-7H,(H,16,17). The summed E-state index contributed by atoms with van der Waals surface area (Å²) in [5, 5.41) is 20.1. The van der Waals surface area contributed by atoms with Gasteiger partial charge in [-0.2, -0.15) is 0 Å². The monoisotopic (exact) mass is 293 g/mol. The van der Waals surface area contributed by atoms with Crippen LogP contribution >= 0.6 is 11.6 Å². The molecule has 0 saturated heterocycles. The highest BCUT2D eigenvalue weighted by Gasteiger charge is 2.20. The Labute approximate surface area is 118 Å². The van der Waals surface area contributed by atoms with Gasteiger partial charge >= 0.3 is 5.97 Å². The zero-order valence-electron chi connectivity index (χ0n) is 9.95. The minimum Gasteiger partial charge on any atom is -0.477 e. The Morgan fingerprint density at radius 3 is 2.55 bits per heavy atom. The molecule has 20 heavy (non-hydrogen) atoms. The topological polar surface area (TPSA) is 89.7 Å². The number of nitro benzene ring substituents is 1. The molecule has 2 rings (SSSR count). The molecule has 1 N–H and O–H groups in total. The third kappa shape index (κ3) is 2.86. The first-order valence-electron chi connectivity index (χ1n) is 5.43. The molecule has 0 heterocycles. The van der Waals surface area contributed by atoms with Crippen molar-refractivity contribution in [3.05, 3.63) is 63.2 Å². The van der Waals surface area contributed by atoms with Gasteiger partial charge in [0.1, 0.15) is 17.1 Å². The van der Waals surface area contributed by atoms with Crippen LogP contribution in [0.4, 0.5) is 5.69 Å². The van der Waals surface area contributed by atoms with Gasteiger partial charge in [-0.3, -0.25) is 10.1 Å². The van der Waals surface area contributed by atoms with Crippen LogP contribution in [0.2, 0.25) is 5.02 Å². The summed E-state index contributed by atoms with van der Waals surface area (Å²) in [5.41, 5.74) is -0.941. The predicted molar refractivity (Wildman–Crippen MR) is 71.6 cm³/mol. The maximum Gasteiger partial charge on any atom is 0.342 e. The molecule has 0 aliphatic carbocycles. The van der Waals surface area contributed by atoms with Crippen molar-refractivity contribution in [3.63, 3.8) is 0 Å². The van der Waals surface area contributed by atoms with Gasteiger partial charge in [-0.25, -0.2) is 4.79 Å². The van der Waals surface area contributed by atoms with E-state index in [9.17, 15) is 14.9 Å². The Hall–Kier alpha value is -2.60. The lowest BCUT2D eigenvalue weighted by molar-refractivity contribution is -0.385. The predicted octanol–water partition coefficient (Wildman–Crippen LogP) is 3.74. The van der Waals surface area contributed by atoms with E-state index < -0.39 is 22.1 Å². The summed E-state index contributed by atoms with van der Waals surface area (Å²) in [5.74, 6) is -0.915. The maximum absolute atomic E-state index is 11.0. The second-order valence-corrected chi connectivity index (χ2v) is 4.18. The number of carboxylic acids is 1. The van der Waals surface area contributed by atoms with Gasteiger partial charge in [-0.1, -0.05) is 23.7 Å². The molecule has 0 unspecified atom stereocenters. The van der Waals surface area contributed by atoms with Crippen LogP contribution in [-0.2, 0) is 0 Å². The molecule has 0 atom stereocenters. The Morgan fingerprint density at radius 1 is 1.25 bits per heavy atom. The number of nitro groups is 1. The number of carboxylic acid groups (broad SMARTS) is 1. The number of benzene rings is 2. The van der Waals surface area contributed by atoms with E-state index in [2.05, 4.69) is 0 Å². The second kappa shape index (κ2) is 5.58. The molecule has 0 spiro atoms. The number of para-hydroxylation sites is 1. The molecule has 0 amide bonds. The number of nitrogens with zero attached hydrogens (tertiary/aromatic N) is 1. The molecule has 0 radical (unpaired) electrons. The molecular formula is C13H8ClNO5. The SMILES string of the molecule is O=C(O)c1cc(Oc2ccccc2Cl)ccc1[N+](=O)[O-]. The molecule has 0 saturated carbocycles. The van der Waals surface area contributed by atoms with Crippen LogP contribution < -0.4 is 4.74 Å². The van der Waals surface area contributed by atoms with Crippen molar-refractivity contribution in [2.45, 2.75) is 0 Å². The highest BCUT2D eigenvalue weighted by molar-refractivity contribution is 6.32. The van der Waals surface area contributed by atoms with Gasteiger partial charge in [0.05, 0.1) is 9.95 Å². The molecule has 2 aromatic carbocycles. The summed E-state index contributed by atoms with van der Waals surface area (Å²) < 4.78 is 5.42. The van der Waals surface area contributed by atoms with Crippen LogP contribution in [0.25, 0.3) is 0 Å². The average Bonchev–Trinajstić information content (AvgIpc) is 2.41. The molecule has 2 aromatic rings. The lowest BCUT2D eigenvalue weighted by Gasteiger charge is -2.08. The number of rotatable bonds is 4. The van der Waals surface area contributed by atoms with E-state index in [-0.39, 0.29) is 5.75 Å². The molecule has 0 aliphatic heterocycles. The Morgan fingerprint density at radius 2 is 1.95 bits per heavy atom. The van der Waals surface area contributed by atoms with E-state index in [1.807, 2.05) is 0 Å². The Bertz CT molecular complexity index is 686. The first-order chi connectivity index (χ1) is 9.49. The van der Waals surface area contributed by atoms with Crippen molar-refractivity contribution in [2.24, 2.45) is 0 Å². The van der Waals surface area contributed by atoms with E-state index in [0.717, 1.165) is 12.1 Å². The fraction of sp³-hybridized carbons (Fsp3) is 0. The highest BCUT2D eigenvalue weighted by atomic mass is 35.5. The molecule has 0 fully saturated rings. The van der Waals surface area contributed by atoms with Gasteiger partial charge in [0.2, 0.25) is 0 Å². The molecule has 102 valence electrons. The molecule has 0 aromatic heterocycles. The van der Waals surface area contributed by atoms with Gasteiger partial charge in [0.25, 0.3) is 5.69 Å².